The van der Waals surface area contributed by atoms with Crippen molar-refractivity contribution < 1.29 is 31.1 Å². The van der Waals surface area contributed by atoms with Crippen LogP contribution in [0.5, 0.6) is 0 Å². The third kappa shape index (κ3) is 4.27. The fourth-order valence-corrected chi connectivity index (χ4v) is 4.11. The van der Waals surface area contributed by atoms with Gasteiger partial charge in [0.2, 0.25) is 0 Å². The summed E-state index contributed by atoms with van der Waals surface area (Å²) in [4.78, 5) is 10.3. The minimum Gasteiger partial charge on any atom is -0.478 e. The van der Waals surface area contributed by atoms with Crippen LogP contribution in [0.2, 0.25) is 5.02 Å². The molecule has 0 bridgehead atoms. The van der Waals surface area contributed by atoms with Crippen molar-refractivity contribution in [3.63, 3.8) is 0 Å². The van der Waals surface area contributed by atoms with Gasteiger partial charge >= 0.3 is 5.97 Å². The number of halogens is 2. The first-order valence-corrected chi connectivity index (χ1v) is 10.2. The molecule has 134 valence electrons. The van der Waals surface area contributed by atoms with Gasteiger partial charge in [0, 0.05) is 11.9 Å². The number of rotatable bonds is 5. The lowest BCUT2D eigenvalue weighted by molar-refractivity contribution is 0.0691. The van der Waals surface area contributed by atoms with Gasteiger partial charge in [0.15, 0.2) is 9.84 Å². The summed E-state index contributed by atoms with van der Waals surface area (Å²) in [6, 6.07) is 6.01. The Bertz CT molecular complexity index is 1050. The second kappa shape index (κ2) is 6.62. The maximum absolute atomic E-state index is 13.5. The van der Waals surface area contributed by atoms with E-state index in [2.05, 4.69) is 4.72 Å². The van der Waals surface area contributed by atoms with E-state index in [0.29, 0.717) is 12.1 Å². The molecule has 0 aliphatic carbocycles. The van der Waals surface area contributed by atoms with E-state index in [-0.39, 0.29) is 10.6 Å². The number of sulfone groups is 1. The topological polar surface area (TPSA) is 118 Å². The number of carboxylic acid groups (broad SMARTS) is 1. The predicted octanol–water partition coefficient (Wildman–Crippen LogP) is 2.38. The molecule has 0 aliphatic heterocycles. The molecule has 11 heteroatoms. The molecule has 0 spiro atoms. The van der Waals surface area contributed by atoms with Gasteiger partial charge in [0.1, 0.15) is 10.7 Å². The average Bonchev–Trinajstić information content (AvgIpc) is 2.45. The Morgan fingerprint density at radius 3 is 2.16 bits per heavy atom. The van der Waals surface area contributed by atoms with Crippen molar-refractivity contribution in [3.05, 3.63) is 52.8 Å². The fraction of sp³-hybridized carbons (Fsp3) is 0.0714. The number of hydrogen-bond donors (Lipinski definition) is 2. The van der Waals surface area contributed by atoms with Gasteiger partial charge in [0.05, 0.1) is 15.5 Å². The molecule has 0 aromatic heterocycles. The molecule has 0 saturated heterocycles. The summed E-state index contributed by atoms with van der Waals surface area (Å²) in [5.41, 5.74) is -0.832. The zero-order valence-electron chi connectivity index (χ0n) is 12.5. The van der Waals surface area contributed by atoms with Crippen LogP contribution in [-0.2, 0) is 19.9 Å². The van der Waals surface area contributed by atoms with Crippen LogP contribution in [0.1, 0.15) is 10.4 Å². The highest BCUT2D eigenvalue weighted by Crippen LogP contribution is 2.27. The molecule has 2 N–H and O–H groups in total. The fourth-order valence-electron chi connectivity index (χ4n) is 1.88. The summed E-state index contributed by atoms with van der Waals surface area (Å²) in [7, 11) is -7.77. The van der Waals surface area contributed by atoms with Gasteiger partial charge in [-0.25, -0.2) is 26.0 Å². The first-order valence-electron chi connectivity index (χ1n) is 6.47. The Kier molecular flexibility index (Phi) is 5.07. The zero-order valence-corrected chi connectivity index (χ0v) is 14.9. The van der Waals surface area contributed by atoms with E-state index in [4.69, 9.17) is 16.7 Å². The van der Waals surface area contributed by atoms with Gasteiger partial charge in [-0.05, 0) is 36.4 Å². The van der Waals surface area contributed by atoms with E-state index in [1.54, 1.807) is 0 Å². The van der Waals surface area contributed by atoms with Gasteiger partial charge in [0.25, 0.3) is 10.0 Å². The minimum atomic E-state index is -4.33. The van der Waals surface area contributed by atoms with E-state index in [9.17, 15) is 26.0 Å². The number of anilines is 1. The van der Waals surface area contributed by atoms with Crippen LogP contribution in [-0.4, -0.2) is 34.2 Å². The molecule has 0 saturated carbocycles. The molecule has 0 radical (unpaired) electrons. The lowest BCUT2D eigenvalue weighted by Crippen LogP contribution is -2.15. The van der Waals surface area contributed by atoms with Crippen LogP contribution in [0.15, 0.2) is 46.2 Å². The highest BCUT2D eigenvalue weighted by molar-refractivity contribution is 7.92. The molecule has 7 nitrogen and oxygen atoms in total. The standard InChI is InChI=1S/C14H11ClFNO6S2/c1-24(20,21)9-4-2-8(3-5-9)17-25(22,23)13-6-10(14(18)19)12(16)7-11(13)15/h2-7,17H,1H3,(H,18,19). The van der Waals surface area contributed by atoms with Gasteiger partial charge in [-0.15, -0.1) is 0 Å². The van der Waals surface area contributed by atoms with Crippen molar-refractivity contribution >= 4 is 43.1 Å². The number of sulfonamides is 1. The van der Waals surface area contributed by atoms with Crippen molar-refractivity contribution in [1.82, 2.24) is 0 Å². The summed E-state index contributed by atoms with van der Waals surface area (Å²) in [6.07, 6.45) is 0.998. The highest BCUT2D eigenvalue weighted by atomic mass is 35.5. The average molecular weight is 408 g/mol. The largest absolute Gasteiger partial charge is 0.478 e. The van der Waals surface area contributed by atoms with Crippen LogP contribution in [0, 0.1) is 5.82 Å². The highest BCUT2D eigenvalue weighted by Gasteiger charge is 2.23. The van der Waals surface area contributed by atoms with Crippen LogP contribution in [0.4, 0.5) is 10.1 Å². The Morgan fingerprint density at radius 2 is 1.68 bits per heavy atom. The second-order valence-corrected chi connectivity index (χ2v) is 9.04. The lowest BCUT2D eigenvalue weighted by Gasteiger charge is -2.11. The van der Waals surface area contributed by atoms with Crippen molar-refractivity contribution in [1.29, 1.82) is 0 Å². The molecule has 0 fully saturated rings. The second-order valence-electron chi connectivity index (χ2n) is 4.97. The Labute approximate surface area is 148 Å². The first-order chi connectivity index (χ1) is 11.4. The summed E-state index contributed by atoms with van der Waals surface area (Å²) < 4.78 is 63.1. The molecular weight excluding hydrogens is 397 g/mol. The van der Waals surface area contributed by atoms with E-state index in [0.717, 1.165) is 6.26 Å². The molecule has 2 rings (SSSR count). The molecule has 25 heavy (non-hydrogen) atoms. The van der Waals surface area contributed by atoms with Gasteiger partial charge in [-0.1, -0.05) is 11.6 Å². The quantitative estimate of drug-likeness (QED) is 0.785. The van der Waals surface area contributed by atoms with Gasteiger partial charge in [-0.3, -0.25) is 4.72 Å². The molecule has 2 aromatic rings. The third-order valence-electron chi connectivity index (χ3n) is 3.08. The van der Waals surface area contributed by atoms with E-state index >= 15 is 0 Å². The number of aromatic carboxylic acids is 1. The SMILES string of the molecule is CS(=O)(=O)c1ccc(NS(=O)(=O)c2cc(C(=O)O)c(F)cc2Cl)cc1. The molecule has 0 atom stereocenters. The summed E-state index contributed by atoms with van der Waals surface area (Å²) >= 11 is 5.71. The number of benzene rings is 2. The van der Waals surface area contributed by atoms with Crippen molar-refractivity contribution in [3.8, 4) is 0 Å². The number of nitrogens with one attached hydrogen (secondary N) is 1. The minimum absolute atomic E-state index is 0.0107. The predicted molar refractivity (Wildman–Crippen MR) is 88.7 cm³/mol. The van der Waals surface area contributed by atoms with E-state index in [1.807, 2.05) is 0 Å². The number of hydrogen-bond acceptors (Lipinski definition) is 5. The summed E-state index contributed by atoms with van der Waals surface area (Å²) in [5, 5.41) is 8.39. The zero-order chi connectivity index (χ0) is 19.0. The van der Waals surface area contributed by atoms with Crippen LogP contribution in [0.25, 0.3) is 0 Å². The Hall–Kier alpha value is -2.17. The maximum Gasteiger partial charge on any atom is 0.338 e. The third-order valence-corrected chi connectivity index (χ3v) is 6.05. The Balaban J connectivity index is 2.43. The van der Waals surface area contributed by atoms with Crippen LogP contribution < -0.4 is 4.72 Å². The van der Waals surface area contributed by atoms with Crippen LogP contribution in [0.3, 0.4) is 0 Å². The summed E-state index contributed by atoms with van der Waals surface area (Å²) in [5.74, 6) is -2.82. The van der Waals surface area contributed by atoms with Crippen molar-refractivity contribution in [2.75, 3.05) is 11.0 Å². The van der Waals surface area contributed by atoms with E-state index in [1.165, 1.54) is 24.3 Å². The smallest absolute Gasteiger partial charge is 0.338 e. The van der Waals surface area contributed by atoms with E-state index < -0.39 is 47.1 Å². The lowest BCUT2D eigenvalue weighted by atomic mass is 10.2. The molecule has 0 aliphatic rings. The van der Waals surface area contributed by atoms with Gasteiger partial charge < -0.3 is 5.11 Å². The van der Waals surface area contributed by atoms with Crippen molar-refractivity contribution in [2.24, 2.45) is 0 Å². The van der Waals surface area contributed by atoms with Crippen LogP contribution >= 0.6 is 11.6 Å². The van der Waals surface area contributed by atoms with Gasteiger partial charge in [-0.2, -0.15) is 0 Å². The summed E-state index contributed by atoms with van der Waals surface area (Å²) in [6.45, 7) is 0. The molecule has 2 aromatic carbocycles. The molecule has 0 heterocycles. The van der Waals surface area contributed by atoms with Crippen molar-refractivity contribution in [2.45, 2.75) is 9.79 Å². The number of carboxylic acids is 1. The monoisotopic (exact) mass is 407 g/mol. The normalized spacial score (nSPS) is 12.0. The maximum atomic E-state index is 13.5. The molecule has 0 amide bonds. The first kappa shape index (κ1) is 19.2. The number of carbonyl (C=O) groups is 1. The molecule has 0 unspecified atom stereocenters. The molecular formula is C14H11ClFNO6S2. The Morgan fingerprint density at radius 1 is 1.12 bits per heavy atom.